The second-order valence-corrected chi connectivity index (χ2v) is 7.36. The van der Waals surface area contributed by atoms with Gasteiger partial charge in [0.15, 0.2) is 0 Å². The topological polar surface area (TPSA) is 66.0 Å². The Morgan fingerprint density at radius 3 is 2.55 bits per heavy atom. The Kier molecular flexibility index (Phi) is 8.38. The summed E-state index contributed by atoms with van der Waals surface area (Å²) in [7, 11) is 0. The first-order chi connectivity index (χ1) is 15.2. The normalized spacial score (nSPS) is 10.9. The molecule has 5 heteroatoms. The molecular weight excluding hydrogens is 384 g/mol. The molecule has 31 heavy (non-hydrogen) atoms. The summed E-state index contributed by atoms with van der Waals surface area (Å²) in [6.45, 7) is 6.62. The highest BCUT2D eigenvalue weighted by Crippen LogP contribution is 2.23. The molecule has 0 aliphatic carbocycles. The van der Waals surface area contributed by atoms with Crippen molar-refractivity contribution >= 4 is 29.4 Å². The molecule has 3 N–H and O–H groups in total. The van der Waals surface area contributed by atoms with E-state index in [1.165, 1.54) is 0 Å². The molecule has 3 rings (SSSR count). The fraction of sp³-hybridized carbons (Fsp3) is 0.231. The lowest BCUT2D eigenvalue weighted by atomic mass is 10.1. The Balaban J connectivity index is 1.61. The van der Waals surface area contributed by atoms with Gasteiger partial charge in [-0.15, -0.1) is 0 Å². The predicted octanol–water partition coefficient (Wildman–Crippen LogP) is 5.03. The Morgan fingerprint density at radius 1 is 0.968 bits per heavy atom. The Hall–Kier alpha value is -3.44. The number of anilines is 2. The van der Waals surface area contributed by atoms with Crippen molar-refractivity contribution in [2.24, 2.45) is 0 Å². The molecule has 0 aliphatic heterocycles. The third kappa shape index (κ3) is 7.08. The van der Waals surface area contributed by atoms with Gasteiger partial charge >= 0.3 is 0 Å². The number of nitrogens with one attached hydrogen (secondary N) is 3. The molecule has 2 aromatic carbocycles. The number of carbonyl (C=O) groups is 1. The summed E-state index contributed by atoms with van der Waals surface area (Å²) in [5.74, 6) is -0.0330. The van der Waals surface area contributed by atoms with Gasteiger partial charge in [0, 0.05) is 35.9 Å². The molecule has 0 saturated heterocycles. The largest absolute Gasteiger partial charge is 0.355 e. The van der Waals surface area contributed by atoms with Crippen LogP contribution in [0.4, 0.5) is 11.4 Å². The first kappa shape index (κ1) is 22.2. The van der Waals surface area contributed by atoms with E-state index in [0.717, 1.165) is 47.6 Å². The SMILES string of the molecule is CCNCCCNC(=O)c1ccc(Nc2cccc(/C=C/c3ccncc3)c2)c(C)c1. The number of carbonyl (C=O) groups excluding carboxylic acids is 1. The van der Waals surface area contributed by atoms with Crippen molar-refractivity contribution in [1.29, 1.82) is 0 Å². The smallest absolute Gasteiger partial charge is 0.251 e. The molecule has 0 unspecified atom stereocenters. The van der Waals surface area contributed by atoms with Gasteiger partial charge in [-0.3, -0.25) is 9.78 Å². The molecule has 1 amide bonds. The van der Waals surface area contributed by atoms with Crippen molar-refractivity contribution < 1.29 is 4.79 Å². The number of benzene rings is 2. The molecular formula is C26H30N4O. The maximum absolute atomic E-state index is 12.4. The lowest BCUT2D eigenvalue weighted by molar-refractivity contribution is 0.0953. The molecule has 0 fully saturated rings. The summed E-state index contributed by atoms with van der Waals surface area (Å²) < 4.78 is 0. The van der Waals surface area contributed by atoms with Gasteiger partial charge in [-0.05, 0) is 85.6 Å². The molecule has 160 valence electrons. The van der Waals surface area contributed by atoms with Crippen molar-refractivity contribution in [2.45, 2.75) is 20.3 Å². The Bertz CT molecular complexity index is 1010. The first-order valence-electron chi connectivity index (χ1n) is 10.7. The molecule has 1 aromatic heterocycles. The highest BCUT2D eigenvalue weighted by Gasteiger charge is 2.08. The van der Waals surface area contributed by atoms with Crippen LogP contribution in [0.1, 0.15) is 40.4 Å². The predicted molar refractivity (Wildman–Crippen MR) is 130 cm³/mol. The highest BCUT2D eigenvalue weighted by molar-refractivity contribution is 5.95. The van der Waals surface area contributed by atoms with Crippen LogP contribution < -0.4 is 16.0 Å². The number of hydrogen-bond donors (Lipinski definition) is 3. The van der Waals surface area contributed by atoms with Gasteiger partial charge in [0.05, 0.1) is 0 Å². The zero-order chi connectivity index (χ0) is 21.9. The number of pyridine rings is 1. The fourth-order valence-electron chi connectivity index (χ4n) is 3.18. The Morgan fingerprint density at radius 2 is 1.77 bits per heavy atom. The highest BCUT2D eigenvalue weighted by atomic mass is 16.1. The van der Waals surface area contributed by atoms with Crippen LogP contribution in [-0.2, 0) is 0 Å². The van der Waals surface area contributed by atoms with Crippen molar-refractivity contribution in [1.82, 2.24) is 15.6 Å². The number of amides is 1. The molecule has 0 aliphatic rings. The minimum atomic E-state index is -0.0330. The molecule has 0 saturated carbocycles. The van der Waals surface area contributed by atoms with E-state index in [-0.39, 0.29) is 5.91 Å². The average molecular weight is 415 g/mol. The summed E-state index contributed by atoms with van der Waals surface area (Å²) in [4.78, 5) is 16.4. The van der Waals surface area contributed by atoms with Gasteiger partial charge in [0.1, 0.15) is 0 Å². The summed E-state index contributed by atoms with van der Waals surface area (Å²) >= 11 is 0. The fourth-order valence-corrected chi connectivity index (χ4v) is 3.18. The van der Waals surface area contributed by atoms with Crippen molar-refractivity contribution in [3.05, 3.63) is 89.2 Å². The van der Waals surface area contributed by atoms with Gasteiger partial charge in [-0.2, -0.15) is 0 Å². The van der Waals surface area contributed by atoms with E-state index in [1.54, 1.807) is 12.4 Å². The number of nitrogens with zero attached hydrogens (tertiary/aromatic N) is 1. The third-order valence-corrected chi connectivity index (χ3v) is 4.89. The average Bonchev–Trinajstić information content (AvgIpc) is 2.80. The van der Waals surface area contributed by atoms with Gasteiger partial charge in [-0.25, -0.2) is 0 Å². The summed E-state index contributed by atoms with van der Waals surface area (Å²) in [6.07, 6.45) is 8.64. The van der Waals surface area contributed by atoms with Crippen LogP contribution in [-0.4, -0.2) is 30.5 Å². The first-order valence-corrected chi connectivity index (χ1v) is 10.7. The van der Waals surface area contributed by atoms with E-state index < -0.39 is 0 Å². The number of aromatic nitrogens is 1. The van der Waals surface area contributed by atoms with Crippen molar-refractivity contribution in [3.8, 4) is 0 Å². The van der Waals surface area contributed by atoms with Crippen LogP contribution >= 0.6 is 0 Å². The van der Waals surface area contributed by atoms with Gasteiger partial charge < -0.3 is 16.0 Å². The van der Waals surface area contributed by atoms with E-state index in [2.05, 4.69) is 52.1 Å². The maximum Gasteiger partial charge on any atom is 0.251 e. The van der Waals surface area contributed by atoms with Gasteiger partial charge in [-0.1, -0.05) is 31.2 Å². The van der Waals surface area contributed by atoms with Crippen LogP contribution in [0, 0.1) is 6.92 Å². The summed E-state index contributed by atoms with van der Waals surface area (Å²) in [6, 6.07) is 17.9. The van der Waals surface area contributed by atoms with Crippen LogP contribution in [0.5, 0.6) is 0 Å². The van der Waals surface area contributed by atoms with Crippen LogP contribution in [0.2, 0.25) is 0 Å². The standard InChI is InChI=1S/C26H30N4O/c1-3-27-14-5-15-29-26(31)23-10-11-25(20(2)18-23)30-24-7-4-6-22(19-24)9-8-21-12-16-28-17-13-21/h4,6-13,16-19,27,30H,3,5,14-15H2,1-2H3,(H,29,31)/b9-8+. The monoisotopic (exact) mass is 414 g/mol. The van der Waals surface area contributed by atoms with Crippen LogP contribution in [0.3, 0.4) is 0 Å². The molecule has 0 atom stereocenters. The second kappa shape index (κ2) is 11.7. The van der Waals surface area contributed by atoms with Gasteiger partial charge in [0.25, 0.3) is 5.91 Å². The van der Waals surface area contributed by atoms with Gasteiger partial charge in [0.2, 0.25) is 0 Å². The maximum atomic E-state index is 12.4. The molecule has 0 radical (unpaired) electrons. The third-order valence-electron chi connectivity index (χ3n) is 4.89. The van der Waals surface area contributed by atoms with Crippen molar-refractivity contribution in [2.75, 3.05) is 25.0 Å². The van der Waals surface area contributed by atoms with Crippen LogP contribution in [0.15, 0.2) is 67.0 Å². The van der Waals surface area contributed by atoms with Crippen LogP contribution in [0.25, 0.3) is 12.2 Å². The zero-order valence-corrected chi connectivity index (χ0v) is 18.2. The number of aryl methyl sites for hydroxylation is 1. The summed E-state index contributed by atoms with van der Waals surface area (Å²) in [5, 5.41) is 9.69. The number of hydrogen-bond acceptors (Lipinski definition) is 4. The molecule has 0 spiro atoms. The second-order valence-electron chi connectivity index (χ2n) is 7.36. The molecule has 1 heterocycles. The lowest BCUT2D eigenvalue weighted by Crippen LogP contribution is -2.27. The van der Waals surface area contributed by atoms with E-state index in [1.807, 2.05) is 49.4 Å². The lowest BCUT2D eigenvalue weighted by Gasteiger charge is -2.12. The minimum Gasteiger partial charge on any atom is -0.355 e. The minimum absolute atomic E-state index is 0.0330. The van der Waals surface area contributed by atoms with E-state index in [9.17, 15) is 4.79 Å². The van der Waals surface area contributed by atoms with Crippen molar-refractivity contribution in [3.63, 3.8) is 0 Å². The molecule has 0 bridgehead atoms. The summed E-state index contributed by atoms with van der Waals surface area (Å²) in [5.41, 5.74) is 5.91. The zero-order valence-electron chi connectivity index (χ0n) is 18.2. The van der Waals surface area contributed by atoms with E-state index in [4.69, 9.17) is 0 Å². The molecule has 3 aromatic rings. The number of rotatable bonds is 10. The Labute approximate surface area is 184 Å². The quantitative estimate of drug-likeness (QED) is 0.407. The van der Waals surface area contributed by atoms with E-state index >= 15 is 0 Å². The van der Waals surface area contributed by atoms with E-state index in [0.29, 0.717) is 12.1 Å². The molecule has 5 nitrogen and oxygen atoms in total.